The molecule has 5 aromatic rings. The largest absolute Gasteiger partial charge is 0.455 e. The molecule has 1 amide bonds. The zero-order valence-electron chi connectivity index (χ0n) is 22.0. The fourth-order valence-electron chi connectivity index (χ4n) is 3.99. The van der Waals surface area contributed by atoms with Gasteiger partial charge in [0, 0.05) is 30.6 Å². The number of hydrogen-bond acceptors (Lipinski definition) is 8. The summed E-state index contributed by atoms with van der Waals surface area (Å²) in [5.74, 6) is 1.92. The van der Waals surface area contributed by atoms with Crippen LogP contribution in [-0.2, 0) is 11.3 Å². The van der Waals surface area contributed by atoms with Gasteiger partial charge in [0.1, 0.15) is 23.3 Å². The monoisotopic (exact) mass is 523 g/mol. The van der Waals surface area contributed by atoms with E-state index in [1.807, 2.05) is 67.2 Å². The van der Waals surface area contributed by atoms with Crippen LogP contribution in [0, 0.1) is 13.8 Å². The molecular formula is C29H29N7O3. The van der Waals surface area contributed by atoms with Crippen molar-refractivity contribution >= 4 is 28.4 Å². The number of benzene rings is 2. The molecule has 10 nitrogen and oxygen atoms in total. The van der Waals surface area contributed by atoms with E-state index in [4.69, 9.17) is 14.6 Å². The molecule has 0 saturated carbocycles. The Bertz CT molecular complexity index is 1580. The first-order valence-corrected chi connectivity index (χ1v) is 12.5. The molecule has 2 aromatic carbocycles. The van der Waals surface area contributed by atoms with Crippen LogP contribution in [0.3, 0.4) is 0 Å². The van der Waals surface area contributed by atoms with Crippen molar-refractivity contribution in [3.05, 3.63) is 95.7 Å². The fourth-order valence-corrected chi connectivity index (χ4v) is 3.99. The summed E-state index contributed by atoms with van der Waals surface area (Å²) in [7, 11) is 1.60. The van der Waals surface area contributed by atoms with Gasteiger partial charge in [-0.05, 0) is 67.4 Å². The summed E-state index contributed by atoms with van der Waals surface area (Å²) in [6.07, 6.45) is 5.11. The van der Waals surface area contributed by atoms with E-state index in [1.165, 1.54) is 6.33 Å². The van der Waals surface area contributed by atoms with Crippen molar-refractivity contribution in [2.75, 3.05) is 25.6 Å². The molecule has 0 aliphatic rings. The lowest BCUT2D eigenvalue weighted by Gasteiger charge is -2.11. The van der Waals surface area contributed by atoms with Crippen molar-refractivity contribution in [2.24, 2.45) is 0 Å². The zero-order valence-corrected chi connectivity index (χ0v) is 22.0. The van der Waals surface area contributed by atoms with Crippen LogP contribution < -0.4 is 15.4 Å². The molecule has 3 aromatic heterocycles. The highest BCUT2D eigenvalue weighted by Crippen LogP contribution is 2.29. The standard InChI is InChI=1S/C29H29N7O3/c1-19-14-23(9-11-26(19)39-24-10-4-20(2)31-15-24)34-28-27-25(32-18-33-28)17-36(35-27)16-21-5-7-22(8-6-21)29(37)30-12-13-38-3/h4-11,14-15,17-18H,12-13,16H2,1-3H3,(H,30,37)(H,32,33,34). The van der Waals surface area contributed by atoms with Crippen molar-refractivity contribution in [3.8, 4) is 11.5 Å². The number of rotatable bonds is 10. The second-order valence-corrected chi connectivity index (χ2v) is 9.07. The number of aromatic nitrogens is 5. The molecule has 0 radical (unpaired) electrons. The molecule has 0 aliphatic carbocycles. The van der Waals surface area contributed by atoms with Crippen molar-refractivity contribution in [1.82, 2.24) is 30.0 Å². The van der Waals surface area contributed by atoms with Crippen LogP contribution >= 0.6 is 0 Å². The first kappa shape index (κ1) is 25.8. The molecule has 0 bridgehead atoms. The second-order valence-electron chi connectivity index (χ2n) is 9.07. The number of anilines is 2. The van der Waals surface area contributed by atoms with Gasteiger partial charge in [-0.15, -0.1) is 0 Å². The van der Waals surface area contributed by atoms with E-state index in [9.17, 15) is 4.79 Å². The number of carbonyl (C=O) groups is 1. The molecule has 5 rings (SSSR count). The van der Waals surface area contributed by atoms with Gasteiger partial charge < -0.3 is 20.1 Å². The maximum Gasteiger partial charge on any atom is 0.251 e. The molecular weight excluding hydrogens is 494 g/mol. The smallest absolute Gasteiger partial charge is 0.251 e. The normalized spacial score (nSPS) is 10.9. The summed E-state index contributed by atoms with van der Waals surface area (Å²) >= 11 is 0. The first-order chi connectivity index (χ1) is 19.0. The summed E-state index contributed by atoms with van der Waals surface area (Å²) in [6, 6.07) is 17.1. The first-order valence-electron chi connectivity index (χ1n) is 12.5. The lowest BCUT2D eigenvalue weighted by molar-refractivity contribution is 0.0937. The van der Waals surface area contributed by atoms with Gasteiger partial charge >= 0.3 is 0 Å². The third kappa shape index (κ3) is 6.36. The minimum atomic E-state index is -0.128. The van der Waals surface area contributed by atoms with Gasteiger partial charge in [-0.3, -0.25) is 14.5 Å². The zero-order chi connectivity index (χ0) is 27.2. The van der Waals surface area contributed by atoms with Crippen LogP contribution in [0.5, 0.6) is 11.5 Å². The van der Waals surface area contributed by atoms with Gasteiger partial charge in [0.15, 0.2) is 11.3 Å². The number of fused-ring (bicyclic) bond motifs is 1. The van der Waals surface area contributed by atoms with Crippen LogP contribution in [0.2, 0.25) is 0 Å². The second kappa shape index (κ2) is 11.7. The van der Waals surface area contributed by atoms with Crippen molar-refractivity contribution in [3.63, 3.8) is 0 Å². The fraction of sp³-hybridized carbons (Fsp3) is 0.207. The van der Waals surface area contributed by atoms with Gasteiger partial charge in [-0.2, -0.15) is 5.10 Å². The summed E-state index contributed by atoms with van der Waals surface area (Å²) < 4.78 is 12.8. The van der Waals surface area contributed by atoms with Crippen molar-refractivity contribution < 1.29 is 14.3 Å². The van der Waals surface area contributed by atoms with Gasteiger partial charge in [-0.1, -0.05) is 12.1 Å². The minimum absolute atomic E-state index is 0.128. The Kier molecular flexibility index (Phi) is 7.74. The van der Waals surface area contributed by atoms with Gasteiger partial charge in [0.2, 0.25) is 0 Å². The van der Waals surface area contributed by atoms with Crippen LogP contribution in [0.25, 0.3) is 11.0 Å². The third-order valence-electron chi connectivity index (χ3n) is 6.05. The van der Waals surface area contributed by atoms with E-state index in [0.29, 0.717) is 42.3 Å². The number of nitrogens with zero attached hydrogens (tertiary/aromatic N) is 5. The minimum Gasteiger partial charge on any atom is -0.455 e. The van der Waals surface area contributed by atoms with E-state index in [2.05, 4.69) is 25.6 Å². The third-order valence-corrected chi connectivity index (χ3v) is 6.05. The van der Waals surface area contributed by atoms with E-state index in [0.717, 1.165) is 33.8 Å². The van der Waals surface area contributed by atoms with E-state index in [-0.39, 0.29) is 5.91 Å². The van der Waals surface area contributed by atoms with Gasteiger partial charge in [0.05, 0.1) is 25.5 Å². The summed E-state index contributed by atoms with van der Waals surface area (Å²) in [5, 5.41) is 10.9. The summed E-state index contributed by atoms with van der Waals surface area (Å²) in [5.41, 5.74) is 5.76. The summed E-state index contributed by atoms with van der Waals surface area (Å²) in [6.45, 7) is 5.40. The quantitative estimate of drug-likeness (QED) is 0.251. The molecule has 0 fully saturated rings. The van der Waals surface area contributed by atoms with Gasteiger partial charge in [0.25, 0.3) is 5.91 Å². The Hall–Kier alpha value is -4.83. The van der Waals surface area contributed by atoms with E-state index >= 15 is 0 Å². The number of ether oxygens (including phenoxy) is 2. The average molecular weight is 524 g/mol. The highest BCUT2D eigenvalue weighted by Gasteiger charge is 2.12. The van der Waals surface area contributed by atoms with Crippen LogP contribution in [0.4, 0.5) is 11.5 Å². The molecule has 2 N–H and O–H groups in total. The van der Waals surface area contributed by atoms with E-state index in [1.54, 1.807) is 25.4 Å². The Balaban J connectivity index is 1.27. The molecule has 198 valence electrons. The molecule has 3 heterocycles. The van der Waals surface area contributed by atoms with Crippen LogP contribution in [0.1, 0.15) is 27.2 Å². The Labute approximate surface area is 226 Å². The van der Waals surface area contributed by atoms with Crippen LogP contribution in [-0.4, -0.2) is 50.9 Å². The molecule has 39 heavy (non-hydrogen) atoms. The molecule has 10 heteroatoms. The maximum atomic E-state index is 12.2. The number of aryl methyl sites for hydroxylation is 2. The number of hydrogen-bond donors (Lipinski definition) is 2. The van der Waals surface area contributed by atoms with Crippen molar-refractivity contribution in [2.45, 2.75) is 20.4 Å². The summed E-state index contributed by atoms with van der Waals surface area (Å²) in [4.78, 5) is 25.3. The number of methoxy groups -OCH3 is 1. The highest BCUT2D eigenvalue weighted by molar-refractivity contribution is 5.94. The molecule has 0 aliphatic heterocycles. The molecule has 0 atom stereocenters. The van der Waals surface area contributed by atoms with Gasteiger partial charge in [-0.25, -0.2) is 9.97 Å². The average Bonchev–Trinajstić information content (AvgIpc) is 3.35. The van der Waals surface area contributed by atoms with Crippen molar-refractivity contribution in [1.29, 1.82) is 0 Å². The number of nitrogens with one attached hydrogen (secondary N) is 2. The Morgan fingerprint density at radius 3 is 2.59 bits per heavy atom. The molecule has 0 spiro atoms. The number of amides is 1. The highest BCUT2D eigenvalue weighted by atomic mass is 16.5. The molecule has 0 saturated heterocycles. The lowest BCUT2D eigenvalue weighted by Crippen LogP contribution is -2.26. The van der Waals surface area contributed by atoms with E-state index < -0.39 is 0 Å². The topological polar surface area (TPSA) is 116 Å². The SMILES string of the molecule is COCCNC(=O)c1ccc(Cn2cc3ncnc(Nc4ccc(Oc5ccc(C)nc5)c(C)c4)c3n2)cc1. The Morgan fingerprint density at radius 1 is 1.00 bits per heavy atom. The number of pyridine rings is 1. The predicted molar refractivity (Wildman–Crippen MR) is 149 cm³/mol. The molecule has 0 unspecified atom stereocenters. The lowest BCUT2D eigenvalue weighted by atomic mass is 10.1. The maximum absolute atomic E-state index is 12.2. The Morgan fingerprint density at radius 2 is 1.85 bits per heavy atom. The number of carbonyl (C=O) groups excluding carboxylic acids is 1. The predicted octanol–water partition coefficient (Wildman–Crippen LogP) is 4.80. The van der Waals surface area contributed by atoms with Crippen LogP contribution in [0.15, 0.2) is 73.3 Å².